The molecule has 4 nitrogen and oxygen atoms in total. The highest BCUT2D eigenvalue weighted by atomic mass is 32.2. The zero-order valence-electron chi connectivity index (χ0n) is 14.1. The maximum absolute atomic E-state index is 4.72. The van der Waals surface area contributed by atoms with Crippen LogP contribution in [0.25, 0.3) is 0 Å². The van der Waals surface area contributed by atoms with Crippen LogP contribution in [0.2, 0.25) is 0 Å². The summed E-state index contributed by atoms with van der Waals surface area (Å²) in [6.45, 7) is 7.84. The number of aromatic nitrogens is 1. The van der Waals surface area contributed by atoms with Crippen molar-refractivity contribution in [3.8, 4) is 0 Å². The molecule has 2 atom stereocenters. The minimum Gasteiger partial charge on any atom is -0.357 e. The molecule has 0 aliphatic heterocycles. The normalized spacial score (nSPS) is 22.6. The number of rotatable bonds is 5. The van der Waals surface area contributed by atoms with Gasteiger partial charge in [-0.2, -0.15) is 11.8 Å². The van der Waals surface area contributed by atoms with Gasteiger partial charge in [-0.25, -0.2) is 9.98 Å². The minimum atomic E-state index is 0.545. The number of guanidine groups is 1. The van der Waals surface area contributed by atoms with Crippen LogP contribution in [0.3, 0.4) is 0 Å². The minimum absolute atomic E-state index is 0.545. The number of aliphatic imine (C=N–C) groups is 1. The lowest BCUT2D eigenvalue weighted by atomic mass is 9.95. The topological polar surface area (TPSA) is 49.3 Å². The largest absolute Gasteiger partial charge is 0.357 e. The van der Waals surface area contributed by atoms with Crippen molar-refractivity contribution in [1.82, 2.24) is 15.6 Å². The van der Waals surface area contributed by atoms with Crippen molar-refractivity contribution in [3.63, 3.8) is 0 Å². The highest BCUT2D eigenvalue weighted by Crippen LogP contribution is 2.26. The van der Waals surface area contributed by atoms with Crippen molar-refractivity contribution >= 4 is 29.1 Å². The molecular weight excluding hydrogens is 312 g/mol. The Morgan fingerprint density at radius 1 is 1.41 bits per heavy atom. The Labute approximate surface area is 142 Å². The highest BCUT2D eigenvalue weighted by Gasteiger charge is 2.21. The average molecular weight is 341 g/mol. The molecule has 2 unspecified atom stereocenters. The Balaban J connectivity index is 1.94. The van der Waals surface area contributed by atoms with Crippen molar-refractivity contribution in [2.24, 2.45) is 4.99 Å². The van der Waals surface area contributed by atoms with Crippen molar-refractivity contribution < 1.29 is 0 Å². The van der Waals surface area contributed by atoms with Crippen LogP contribution in [-0.2, 0) is 6.54 Å². The van der Waals surface area contributed by atoms with E-state index in [0.717, 1.165) is 28.5 Å². The van der Waals surface area contributed by atoms with Crippen LogP contribution in [0.4, 0.5) is 0 Å². The summed E-state index contributed by atoms with van der Waals surface area (Å²) in [4.78, 5) is 10.6. The second kappa shape index (κ2) is 8.77. The van der Waals surface area contributed by atoms with E-state index in [-0.39, 0.29) is 0 Å². The van der Waals surface area contributed by atoms with Gasteiger partial charge in [0, 0.05) is 22.7 Å². The molecule has 1 aliphatic rings. The number of thioether (sulfide) groups is 1. The molecule has 0 bridgehead atoms. The number of thiazole rings is 1. The lowest BCUT2D eigenvalue weighted by Crippen LogP contribution is -2.45. The average Bonchev–Trinajstić information content (AvgIpc) is 2.84. The molecule has 22 heavy (non-hydrogen) atoms. The molecule has 1 aliphatic carbocycles. The fourth-order valence-corrected chi connectivity index (χ4v) is 4.44. The van der Waals surface area contributed by atoms with Gasteiger partial charge in [-0.1, -0.05) is 6.42 Å². The van der Waals surface area contributed by atoms with Crippen molar-refractivity contribution in [1.29, 1.82) is 0 Å². The van der Waals surface area contributed by atoms with E-state index in [1.807, 2.05) is 11.8 Å². The standard InChI is InChI=1S/C16H28N4S2/c1-5-17-16(18-10-15-19-11(2)12(3)22-15)20-13-7-6-8-14(9-13)21-4/h13-14H,5-10H2,1-4H3,(H2,17,18,20). The smallest absolute Gasteiger partial charge is 0.191 e. The molecule has 1 heterocycles. The van der Waals surface area contributed by atoms with Gasteiger partial charge < -0.3 is 10.6 Å². The number of nitrogens with zero attached hydrogens (tertiary/aromatic N) is 2. The van der Waals surface area contributed by atoms with Gasteiger partial charge in [0.15, 0.2) is 5.96 Å². The van der Waals surface area contributed by atoms with Crippen LogP contribution in [0.1, 0.15) is 48.2 Å². The van der Waals surface area contributed by atoms with E-state index in [0.29, 0.717) is 12.6 Å². The first-order valence-electron chi connectivity index (χ1n) is 8.13. The Morgan fingerprint density at radius 2 is 2.23 bits per heavy atom. The fraction of sp³-hybridized carbons (Fsp3) is 0.750. The lowest BCUT2D eigenvalue weighted by molar-refractivity contribution is 0.419. The van der Waals surface area contributed by atoms with E-state index in [1.54, 1.807) is 11.3 Å². The zero-order chi connectivity index (χ0) is 15.9. The lowest BCUT2D eigenvalue weighted by Gasteiger charge is -2.29. The molecule has 0 aromatic carbocycles. The Morgan fingerprint density at radius 3 is 2.86 bits per heavy atom. The van der Waals surface area contributed by atoms with E-state index in [2.05, 4.69) is 42.6 Å². The van der Waals surface area contributed by atoms with Crippen LogP contribution < -0.4 is 10.6 Å². The second-order valence-corrected chi connectivity index (χ2v) is 8.24. The summed E-state index contributed by atoms with van der Waals surface area (Å²) < 4.78 is 0. The van der Waals surface area contributed by atoms with Crippen molar-refractivity contribution in [2.75, 3.05) is 12.8 Å². The summed E-state index contributed by atoms with van der Waals surface area (Å²) in [5.41, 5.74) is 1.13. The third-order valence-electron chi connectivity index (χ3n) is 4.09. The number of hydrogen-bond donors (Lipinski definition) is 2. The molecule has 124 valence electrons. The maximum Gasteiger partial charge on any atom is 0.191 e. The number of nitrogens with one attached hydrogen (secondary N) is 2. The maximum atomic E-state index is 4.72. The Kier molecular flexibility index (Phi) is 7.02. The zero-order valence-corrected chi connectivity index (χ0v) is 15.7. The highest BCUT2D eigenvalue weighted by molar-refractivity contribution is 7.99. The first-order valence-corrected chi connectivity index (χ1v) is 10.2. The SMILES string of the molecule is CCNC(=NCc1nc(C)c(C)s1)NC1CCCC(SC)C1. The monoisotopic (exact) mass is 340 g/mol. The first kappa shape index (κ1) is 17.6. The molecule has 2 N–H and O–H groups in total. The molecule has 0 radical (unpaired) electrons. The second-order valence-electron chi connectivity index (χ2n) is 5.81. The van der Waals surface area contributed by atoms with E-state index in [1.165, 1.54) is 30.6 Å². The van der Waals surface area contributed by atoms with Gasteiger partial charge in [0.1, 0.15) is 5.01 Å². The fourth-order valence-electron chi connectivity index (χ4n) is 2.76. The van der Waals surface area contributed by atoms with E-state index in [9.17, 15) is 0 Å². The Bertz CT molecular complexity index is 479. The molecular formula is C16H28N4S2. The predicted molar refractivity (Wildman–Crippen MR) is 99.1 cm³/mol. The van der Waals surface area contributed by atoms with Gasteiger partial charge in [-0.3, -0.25) is 0 Å². The molecule has 1 fully saturated rings. The summed E-state index contributed by atoms with van der Waals surface area (Å²) in [5.74, 6) is 0.930. The summed E-state index contributed by atoms with van der Waals surface area (Å²) in [6.07, 6.45) is 7.37. The van der Waals surface area contributed by atoms with Gasteiger partial charge >= 0.3 is 0 Å². The number of hydrogen-bond acceptors (Lipinski definition) is 4. The first-order chi connectivity index (χ1) is 10.6. The van der Waals surface area contributed by atoms with Crippen LogP contribution >= 0.6 is 23.1 Å². The van der Waals surface area contributed by atoms with Crippen LogP contribution in [-0.4, -0.2) is 35.0 Å². The quantitative estimate of drug-likeness (QED) is 0.636. The predicted octanol–water partition coefficient (Wildman–Crippen LogP) is 3.49. The van der Waals surface area contributed by atoms with E-state index < -0.39 is 0 Å². The van der Waals surface area contributed by atoms with Gasteiger partial charge in [-0.05, 0) is 46.3 Å². The molecule has 0 amide bonds. The van der Waals surface area contributed by atoms with Gasteiger partial charge in [0.25, 0.3) is 0 Å². The molecule has 2 rings (SSSR count). The molecule has 1 aromatic heterocycles. The van der Waals surface area contributed by atoms with Gasteiger partial charge in [-0.15, -0.1) is 11.3 Å². The van der Waals surface area contributed by atoms with Crippen LogP contribution in [0.15, 0.2) is 4.99 Å². The third-order valence-corrected chi connectivity index (χ3v) is 6.24. The third kappa shape index (κ3) is 5.16. The molecule has 1 aromatic rings. The van der Waals surface area contributed by atoms with Crippen molar-refractivity contribution in [2.45, 2.75) is 64.3 Å². The van der Waals surface area contributed by atoms with Crippen LogP contribution in [0, 0.1) is 13.8 Å². The molecule has 0 spiro atoms. The summed E-state index contributed by atoms with van der Waals surface area (Å²) in [7, 11) is 0. The van der Waals surface area contributed by atoms with Crippen molar-refractivity contribution in [3.05, 3.63) is 15.6 Å². The summed E-state index contributed by atoms with van der Waals surface area (Å²) in [5, 5.41) is 8.86. The summed E-state index contributed by atoms with van der Waals surface area (Å²) in [6, 6.07) is 0.545. The van der Waals surface area contributed by atoms with Gasteiger partial charge in [0.2, 0.25) is 0 Å². The molecule has 1 saturated carbocycles. The van der Waals surface area contributed by atoms with Gasteiger partial charge in [0.05, 0.1) is 12.2 Å². The number of aryl methyl sites for hydroxylation is 2. The van der Waals surface area contributed by atoms with E-state index >= 15 is 0 Å². The summed E-state index contributed by atoms with van der Waals surface area (Å²) >= 11 is 3.74. The van der Waals surface area contributed by atoms with Crippen LogP contribution in [0.5, 0.6) is 0 Å². The molecule has 0 saturated heterocycles. The van der Waals surface area contributed by atoms with E-state index in [4.69, 9.17) is 4.99 Å². The molecule has 6 heteroatoms. The Hall–Kier alpha value is -0.750.